The van der Waals surface area contributed by atoms with Gasteiger partial charge in [-0.2, -0.15) is 13.2 Å². The minimum atomic E-state index is -4.46. The van der Waals surface area contributed by atoms with E-state index >= 15 is 0 Å². The lowest BCUT2D eigenvalue weighted by molar-refractivity contribution is -0.137. The van der Waals surface area contributed by atoms with Crippen molar-refractivity contribution < 1.29 is 22.0 Å². The van der Waals surface area contributed by atoms with E-state index in [1.807, 2.05) is 0 Å². The fourth-order valence-electron chi connectivity index (χ4n) is 3.91. The summed E-state index contributed by atoms with van der Waals surface area (Å²) in [6, 6.07) is 3.69. The van der Waals surface area contributed by atoms with Gasteiger partial charge in [-0.15, -0.1) is 0 Å². The van der Waals surface area contributed by atoms with Crippen molar-refractivity contribution in [1.82, 2.24) is 20.3 Å². The largest absolute Gasteiger partial charge is 0.416 e. The zero-order chi connectivity index (χ0) is 21.4. The summed E-state index contributed by atoms with van der Waals surface area (Å²) >= 11 is 0. The Kier molecular flexibility index (Phi) is 5.61. The Labute approximate surface area is 170 Å². The van der Waals surface area contributed by atoms with Crippen molar-refractivity contribution in [1.29, 1.82) is 0 Å². The summed E-state index contributed by atoms with van der Waals surface area (Å²) in [7, 11) is 0. The van der Waals surface area contributed by atoms with E-state index in [1.165, 1.54) is 4.90 Å². The number of anilines is 1. The summed E-state index contributed by atoms with van der Waals surface area (Å²) in [5.41, 5.74) is 0.672. The first kappa shape index (κ1) is 20.9. The van der Waals surface area contributed by atoms with E-state index in [4.69, 9.17) is 0 Å². The minimum Gasteiger partial charge on any atom is -0.335 e. The summed E-state index contributed by atoms with van der Waals surface area (Å²) in [6.07, 6.45) is -1.83. The van der Waals surface area contributed by atoms with Crippen LogP contribution in [-0.2, 0) is 12.6 Å². The molecule has 2 aromatic rings. The van der Waals surface area contributed by atoms with Gasteiger partial charge < -0.3 is 10.2 Å². The van der Waals surface area contributed by atoms with Gasteiger partial charge in [-0.3, -0.25) is 4.98 Å². The maximum atomic E-state index is 13.7. The van der Waals surface area contributed by atoms with E-state index < -0.39 is 24.2 Å². The van der Waals surface area contributed by atoms with Crippen molar-refractivity contribution in [2.75, 3.05) is 31.1 Å². The Bertz CT molecular complexity index is 895. The molecule has 2 aromatic heterocycles. The highest BCUT2D eigenvalue weighted by molar-refractivity contribution is 5.37. The van der Waals surface area contributed by atoms with Crippen LogP contribution in [0.15, 0.2) is 24.4 Å². The Balaban J connectivity index is 1.65. The lowest BCUT2D eigenvalue weighted by atomic mass is 9.93. The van der Waals surface area contributed by atoms with Crippen molar-refractivity contribution in [3.63, 3.8) is 0 Å². The van der Waals surface area contributed by atoms with Crippen LogP contribution in [0.1, 0.15) is 47.8 Å². The van der Waals surface area contributed by atoms with Gasteiger partial charge in [0.25, 0.3) is 5.92 Å². The standard InChI is InChI=1S/C20H22F5N5/c21-19(22)4-8-30(12-19)18-28-16(11-17(29-18)13-1-5-26-6-2-13)10-15-9-14(3-7-27-15)20(23,24)25/h3,7,9,11,13,26H,1-2,4-6,8,10,12H2. The maximum absolute atomic E-state index is 13.7. The molecule has 10 heteroatoms. The number of nitrogens with zero attached hydrogens (tertiary/aromatic N) is 4. The van der Waals surface area contributed by atoms with Crippen molar-refractivity contribution in [3.8, 4) is 0 Å². The average molecular weight is 427 g/mol. The third-order valence-corrected chi connectivity index (χ3v) is 5.50. The second-order valence-corrected chi connectivity index (χ2v) is 7.85. The van der Waals surface area contributed by atoms with E-state index in [2.05, 4.69) is 20.3 Å². The molecule has 162 valence electrons. The summed E-state index contributed by atoms with van der Waals surface area (Å²) in [4.78, 5) is 14.5. The number of pyridine rings is 1. The van der Waals surface area contributed by atoms with Crippen molar-refractivity contribution >= 4 is 5.95 Å². The molecule has 0 saturated carbocycles. The highest BCUT2D eigenvalue weighted by Gasteiger charge is 2.39. The van der Waals surface area contributed by atoms with Crippen LogP contribution in [0.4, 0.5) is 27.9 Å². The second kappa shape index (κ2) is 8.05. The Morgan fingerprint density at radius 2 is 1.87 bits per heavy atom. The van der Waals surface area contributed by atoms with Crippen LogP contribution in [-0.4, -0.2) is 47.1 Å². The molecule has 0 spiro atoms. The Morgan fingerprint density at radius 1 is 1.10 bits per heavy atom. The molecule has 0 radical (unpaired) electrons. The average Bonchev–Trinajstić information content (AvgIpc) is 3.08. The molecule has 4 rings (SSSR count). The van der Waals surface area contributed by atoms with Crippen LogP contribution in [0.2, 0.25) is 0 Å². The molecule has 0 bridgehead atoms. The number of hydrogen-bond acceptors (Lipinski definition) is 5. The maximum Gasteiger partial charge on any atom is 0.416 e. The van der Waals surface area contributed by atoms with Crippen LogP contribution in [0.3, 0.4) is 0 Å². The first-order chi connectivity index (χ1) is 14.2. The number of halogens is 5. The second-order valence-electron chi connectivity index (χ2n) is 7.85. The molecule has 4 heterocycles. The Morgan fingerprint density at radius 3 is 2.53 bits per heavy atom. The van der Waals surface area contributed by atoms with Gasteiger partial charge in [-0.25, -0.2) is 18.7 Å². The van der Waals surface area contributed by atoms with E-state index in [-0.39, 0.29) is 36.9 Å². The molecule has 1 N–H and O–H groups in total. The van der Waals surface area contributed by atoms with Crippen LogP contribution in [0, 0.1) is 0 Å². The quantitative estimate of drug-likeness (QED) is 0.753. The summed E-state index contributed by atoms with van der Waals surface area (Å²) in [6.45, 7) is 1.35. The first-order valence-electron chi connectivity index (χ1n) is 9.93. The van der Waals surface area contributed by atoms with Crippen molar-refractivity contribution in [3.05, 3.63) is 47.0 Å². The van der Waals surface area contributed by atoms with Crippen LogP contribution >= 0.6 is 0 Å². The fourth-order valence-corrected chi connectivity index (χ4v) is 3.91. The summed E-state index contributed by atoms with van der Waals surface area (Å²) < 4.78 is 66.5. The summed E-state index contributed by atoms with van der Waals surface area (Å²) in [5.74, 6) is -2.42. The molecule has 2 aliphatic heterocycles. The smallest absolute Gasteiger partial charge is 0.335 e. The number of nitrogens with one attached hydrogen (secondary N) is 1. The topological polar surface area (TPSA) is 53.9 Å². The number of hydrogen-bond donors (Lipinski definition) is 1. The molecule has 0 unspecified atom stereocenters. The number of aromatic nitrogens is 3. The summed E-state index contributed by atoms with van der Waals surface area (Å²) in [5, 5.41) is 3.27. The van der Waals surface area contributed by atoms with Gasteiger partial charge in [0.15, 0.2) is 0 Å². The van der Waals surface area contributed by atoms with Crippen LogP contribution in [0.25, 0.3) is 0 Å². The van der Waals surface area contributed by atoms with E-state index in [0.29, 0.717) is 5.69 Å². The number of rotatable bonds is 4. The lowest BCUT2D eigenvalue weighted by Gasteiger charge is -2.24. The van der Waals surface area contributed by atoms with E-state index in [1.54, 1.807) is 6.07 Å². The molecule has 2 fully saturated rings. The Hall–Kier alpha value is -2.36. The lowest BCUT2D eigenvalue weighted by Crippen LogP contribution is -2.29. The van der Waals surface area contributed by atoms with Gasteiger partial charge >= 0.3 is 6.18 Å². The molecule has 0 aliphatic carbocycles. The van der Waals surface area contributed by atoms with Gasteiger partial charge in [0.2, 0.25) is 5.95 Å². The highest BCUT2D eigenvalue weighted by Crippen LogP contribution is 2.32. The molecule has 0 atom stereocenters. The number of piperidine rings is 1. The molecule has 2 saturated heterocycles. The van der Waals surface area contributed by atoms with Crippen LogP contribution < -0.4 is 10.2 Å². The molecule has 2 aliphatic rings. The van der Waals surface area contributed by atoms with Gasteiger partial charge in [0, 0.05) is 42.9 Å². The zero-order valence-corrected chi connectivity index (χ0v) is 16.2. The molecular formula is C20H22F5N5. The normalized spacial score (nSPS) is 20.0. The number of alkyl halides is 5. The predicted octanol–water partition coefficient (Wildman–Crippen LogP) is 3.79. The van der Waals surface area contributed by atoms with Gasteiger partial charge in [-0.1, -0.05) is 0 Å². The molecule has 30 heavy (non-hydrogen) atoms. The zero-order valence-electron chi connectivity index (χ0n) is 16.2. The fraction of sp³-hybridized carbons (Fsp3) is 0.550. The molecule has 0 aromatic carbocycles. The van der Waals surface area contributed by atoms with E-state index in [9.17, 15) is 22.0 Å². The van der Waals surface area contributed by atoms with Crippen molar-refractivity contribution in [2.45, 2.75) is 43.7 Å². The highest BCUT2D eigenvalue weighted by atomic mass is 19.4. The minimum absolute atomic E-state index is 0.0711. The van der Waals surface area contributed by atoms with Crippen LogP contribution in [0.5, 0.6) is 0 Å². The SMILES string of the molecule is FC1(F)CCN(c2nc(Cc3cc(C(F)(F)F)ccn3)cc(C3CCNCC3)n2)C1. The molecule has 5 nitrogen and oxygen atoms in total. The first-order valence-corrected chi connectivity index (χ1v) is 9.93. The van der Waals surface area contributed by atoms with E-state index in [0.717, 1.165) is 50.0 Å². The molecular weight excluding hydrogens is 405 g/mol. The van der Waals surface area contributed by atoms with Gasteiger partial charge in [-0.05, 0) is 44.1 Å². The van der Waals surface area contributed by atoms with Gasteiger partial charge in [0.1, 0.15) is 0 Å². The third kappa shape index (κ3) is 4.85. The predicted molar refractivity (Wildman–Crippen MR) is 101 cm³/mol. The molecule has 0 amide bonds. The monoisotopic (exact) mass is 427 g/mol. The van der Waals surface area contributed by atoms with Crippen molar-refractivity contribution in [2.24, 2.45) is 0 Å². The third-order valence-electron chi connectivity index (χ3n) is 5.50. The van der Waals surface area contributed by atoms with Gasteiger partial charge in [0.05, 0.1) is 17.8 Å².